The van der Waals surface area contributed by atoms with E-state index in [-0.39, 0.29) is 0 Å². The summed E-state index contributed by atoms with van der Waals surface area (Å²) in [7, 11) is 0. The molecule has 2 unspecified atom stereocenters. The summed E-state index contributed by atoms with van der Waals surface area (Å²) in [4.78, 5) is 4.43. The van der Waals surface area contributed by atoms with Crippen LogP contribution >= 0.6 is 0 Å². The van der Waals surface area contributed by atoms with Gasteiger partial charge in [0.1, 0.15) is 5.75 Å². The summed E-state index contributed by atoms with van der Waals surface area (Å²) in [5, 5.41) is 3.56. The number of aryl methyl sites for hydroxylation is 1. The number of nitrogens with zero attached hydrogens (tertiary/aromatic N) is 1. The van der Waals surface area contributed by atoms with Crippen LogP contribution < -0.4 is 10.1 Å². The molecule has 0 saturated heterocycles. The minimum Gasteiger partial charge on any atom is -0.490 e. The van der Waals surface area contributed by atoms with Crippen molar-refractivity contribution in [2.45, 2.75) is 71.1 Å². The summed E-state index contributed by atoms with van der Waals surface area (Å²) in [5.74, 6) is 1.84. The van der Waals surface area contributed by atoms with Crippen molar-refractivity contribution in [3.63, 3.8) is 0 Å². The van der Waals surface area contributed by atoms with E-state index >= 15 is 0 Å². The molecule has 2 atom stereocenters. The van der Waals surface area contributed by atoms with Crippen molar-refractivity contribution in [2.75, 3.05) is 0 Å². The summed E-state index contributed by atoms with van der Waals surface area (Å²) >= 11 is 0. The summed E-state index contributed by atoms with van der Waals surface area (Å²) in [5.41, 5.74) is 2.25. The molecule has 2 saturated carbocycles. The Bertz CT molecular complexity index is 456. The molecule has 0 radical (unpaired) electrons. The van der Waals surface area contributed by atoms with Crippen molar-refractivity contribution in [3.8, 4) is 5.75 Å². The molecule has 2 aliphatic rings. The molecule has 20 heavy (non-hydrogen) atoms. The number of hydrogen-bond acceptors (Lipinski definition) is 3. The summed E-state index contributed by atoms with van der Waals surface area (Å²) in [6.07, 6.45) is 10.0. The lowest BCUT2D eigenvalue weighted by Gasteiger charge is -2.28. The highest BCUT2D eigenvalue weighted by Gasteiger charge is 2.23. The standard InChI is InChI=1S/C17H26N2O/c1-12-4-3-5-16(8-12)20-17-9-13(2)18-10-14(17)11-19-15-6-7-15/h9-10,12,15-16,19H,3-8,11H2,1-2H3. The highest BCUT2D eigenvalue weighted by atomic mass is 16.5. The van der Waals surface area contributed by atoms with Gasteiger partial charge in [-0.05, 0) is 44.9 Å². The van der Waals surface area contributed by atoms with Crippen LogP contribution in [0.1, 0.15) is 56.7 Å². The third-order valence-corrected chi connectivity index (χ3v) is 4.42. The first-order valence-electron chi connectivity index (χ1n) is 8.06. The minimum atomic E-state index is 0.389. The molecule has 3 heteroatoms. The normalized spacial score (nSPS) is 26.5. The van der Waals surface area contributed by atoms with Crippen molar-refractivity contribution in [3.05, 3.63) is 23.5 Å². The fraction of sp³-hybridized carbons (Fsp3) is 0.706. The molecule has 110 valence electrons. The second-order valence-corrected chi connectivity index (χ2v) is 6.60. The van der Waals surface area contributed by atoms with Gasteiger partial charge in [0.2, 0.25) is 0 Å². The maximum absolute atomic E-state index is 6.31. The first-order valence-corrected chi connectivity index (χ1v) is 8.06. The van der Waals surface area contributed by atoms with Gasteiger partial charge in [0.15, 0.2) is 0 Å². The Morgan fingerprint density at radius 3 is 2.90 bits per heavy atom. The molecule has 0 bridgehead atoms. The third kappa shape index (κ3) is 3.72. The van der Waals surface area contributed by atoms with E-state index in [1.165, 1.54) is 44.1 Å². The van der Waals surface area contributed by atoms with E-state index in [1.807, 2.05) is 13.1 Å². The van der Waals surface area contributed by atoms with Crippen LogP contribution in [0.2, 0.25) is 0 Å². The number of ether oxygens (including phenoxy) is 1. The van der Waals surface area contributed by atoms with Gasteiger partial charge in [-0.3, -0.25) is 4.98 Å². The van der Waals surface area contributed by atoms with Gasteiger partial charge in [0, 0.05) is 36.1 Å². The fourth-order valence-electron chi connectivity index (χ4n) is 3.01. The van der Waals surface area contributed by atoms with Crippen LogP contribution in [0.3, 0.4) is 0 Å². The van der Waals surface area contributed by atoms with Crippen LogP contribution in [-0.2, 0) is 6.54 Å². The molecule has 0 aliphatic heterocycles. The minimum absolute atomic E-state index is 0.389. The van der Waals surface area contributed by atoms with E-state index in [1.54, 1.807) is 0 Å². The van der Waals surface area contributed by atoms with Crippen molar-refractivity contribution in [1.29, 1.82) is 0 Å². The topological polar surface area (TPSA) is 34.1 Å². The van der Waals surface area contributed by atoms with Crippen LogP contribution in [0.25, 0.3) is 0 Å². The van der Waals surface area contributed by atoms with Crippen LogP contribution in [0.5, 0.6) is 5.75 Å². The van der Waals surface area contributed by atoms with Crippen LogP contribution in [0.4, 0.5) is 0 Å². The lowest BCUT2D eigenvalue weighted by atomic mass is 9.88. The van der Waals surface area contributed by atoms with Crippen LogP contribution in [-0.4, -0.2) is 17.1 Å². The van der Waals surface area contributed by atoms with Crippen molar-refractivity contribution < 1.29 is 4.74 Å². The average molecular weight is 274 g/mol. The molecule has 1 N–H and O–H groups in total. The number of aromatic nitrogens is 1. The number of pyridine rings is 1. The van der Waals surface area contributed by atoms with Gasteiger partial charge < -0.3 is 10.1 Å². The van der Waals surface area contributed by atoms with Crippen molar-refractivity contribution in [2.24, 2.45) is 5.92 Å². The SMILES string of the molecule is Cc1cc(OC2CCCC(C)C2)c(CNC2CC2)cn1. The first-order chi connectivity index (χ1) is 9.70. The molecular weight excluding hydrogens is 248 g/mol. The monoisotopic (exact) mass is 274 g/mol. The molecule has 3 rings (SSSR count). The van der Waals surface area contributed by atoms with E-state index in [9.17, 15) is 0 Å². The molecule has 0 amide bonds. The molecule has 3 nitrogen and oxygen atoms in total. The number of hydrogen-bond donors (Lipinski definition) is 1. The fourth-order valence-corrected chi connectivity index (χ4v) is 3.01. The Morgan fingerprint density at radius 1 is 1.30 bits per heavy atom. The van der Waals surface area contributed by atoms with Gasteiger partial charge in [-0.15, -0.1) is 0 Å². The Balaban J connectivity index is 1.67. The summed E-state index contributed by atoms with van der Waals surface area (Å²) < 4.78 is 6.31. The van der Waals surface area contributed by atoms with E-state index < -0.39 is 0 Å². The molecule has 1 heterocycles. The van der Waals surface area contributed by atoms with Gasteiger partial charge in [-0.25, -0.2) is 0 Å². The molecule has 0 aromatic carbocycles. The molecular formula is C17H26N2O. The Kier molecular flexibility index (Phi) is 4.25. The Morgan fingerprint density at radius 2 is 2.15 bits per heavy atom. The Hall–Kier alpha value is -1.09. The second kappa shape index (κ2) is 6.13. The summed E-state index contributed by atoms with van der Waals surface area (Å²) in [6, 6.07) is 2.82. The van der Waals surface area contributed by atoms with Crippen molar-refractivity contribution >= 4 is 0 Å². The van der Waals surface area contributed by atoms with Crippen LogP contribution in [0, 0.1) is 12.8 Å². The lowest BCUT2D eigenvalue weighted by molar-refractivity contribution is 0.127. The van der Waals surface area contributed by atoms with Gasteiger partial charge in [0.25, 0.3) is 0 Å². The molecule has 1 aromatic heterocycles. The summed E-state index contributed by atoms with van der Waals surface area (Å²) in [6.45, 7) is 5.26. The van der Waals surface area contributed by atoms with Crippen LogP contribution in [0.15, 0.2) is 12.3 Å². The molecule has 1 aromatic rings. The predicted molar refractivity (Wildman–Crippen MR) is 80.9 cm³/mol. The smallest absolute Gasteiger partial charge is 0.127 e. The third-order valence-electron chi connectivity index (χ3n) is 4.42. The van der Waals surface area contributed by atoms with Crippen molar-refractivity contribution in [1.82, 2.24) is 10.3 Å². The first kappa shape index (κ1) is 13.9. The molecule has 2 aliphatic carbocycles. The van der Waals surface area contributed by atoms with E-state index in [2.05, 4.69) is 23.3 Å². The van der Waals surface area contributed by atoms with E-state index in [0.717, 1.165) is 29.9 Å². The zero-order valence-electron chi connectivity index (χ0n) is 12.7. The number of nitrogens with one attached hydrogen (secondary N) is 1. The maximum Gasteiger partial charge on any atom is 0.127 e. The van der Waals surface area contributed by atoms with Gasteiger partial charge >= 0.3 is 0 Å². The maximum atomic E-state index is 6.31. The largest absolute Gasteiger partial charge is 0.490 e. The van der Waals surface area contributed by atoms with E-state index in [4.69, 9.17) is 4.74 Å². The van der Waals surface area contributed by atoms with Gasteiger partial charge in [-0.2, -0.15) is 0 Å². The zero-order chi connectivity index (χ0) is 13.9. The second-order valence-electron chi connectivity index (χ2n) is 6.60. The Labute approximate surface area is 122 Å². The van der Waals surface area contributed by atoms with Gasteiger partial charge in [-0.1, -0.05) is 13.3 Å². The predicted octanol–water partition coefficient (Wildman–Crippen LogP) is 3.60. The highest BCUT2D eigenvalue weighted by Crippen LogP contribution is 2.29. The van der Waals surface area contributed by atoms with E-state index in [0.29, 0.717) is 6.10 Å². The highest BCUT2D eigenvalue weighted by molar-refractivity contribution is 5.33. The zero-order valence-corrected chi connectivity index (χ0v) is 12.7. The number of rotatable bonds is 5. The molecule has 2 fully saturated rings. The molecule has 0 spiro atoms. The lowest BCUT2D eigenvalue weighted by Crippen LogP contribution is -2.25. The average Bonchev–Trinajstić information content (AvgIpc) is 3.22. The quantitative estimate of drug-likeness (QED) is 0.891. The van der Waals surface area contributed by atoms with Gasteiger partial charge in [0.05, 0.1) is 6.10 Å².